The zero-order valence-electron chi connectivity index (χ0n) is 14.0. The Hall–Kier alpha value is -1.44. The van der Waals surface area contributed by atoms with Crippen LogP contribution in [-0.4, -0.2) is 42.1 Å². The van der Waals surface area contributed by atoms with Crippen LogP contribution in [0, 0.1) is 0 Å². The van der Waals surface area contributed by atoms with Crippen LogP contribution in [0.2, 0.25) is 0 Å². The van der Waals surface area contributed by atoms with Gasteiger partial charge in [0.2, 0.25) is 5.91 Å². The van der Waals surface area contributed by atoms with Crippen LogP contribution in [0.3, 0.4) is 0 Å². The molecule has 1 aromatic rings. The number of primary amides is 1. The molecule has 0 aromatic heterocycles. The highest BCUT2D eigenvalue weighted by molar-refractivity contribution is 7.86. The molecule has 1 amide bonds. The van der Waals surface area contributed by atoms with E-state index < -0.39 is 22.2 Å². The number of carbonyl (C=O) groups excluding carboxylic acids is 1. The summed E-state index contributed by atoms with van der Waals surface area (Å²) in [6.07, 6.45) is 5.34. The van der Waals surface area contributed by atoms with Crippen LogP contribution in [0.15, 0.2) is 24.3 Å². The molecule has 1 saturated carbocycles. The lowest BCUT2D eigenvalue weighted by Gasteiger charge is -2.39. The normalized spacial score (nSPS) is 23.2. The SMILES string of the molecule is CN(C1CCCCC1)S(=O)(=O)N1Cc2ccccc2C[C@H]1C(N)=O. The molecular weight excluding hydrogens is 326 g/mol. The molecule has 1 aliphatic heterocycles. The van der Waals surface area contributed by atoms with Gasteiger partial charge in [0.25, 0.3) is 10.2 Å². The molecule has 1 fully saturated rings. The Labute approximate surface area is 143 Å². The van der Waals surface area contributed by atoms with Crippen molar-refractivity contribution in [2.45, 2.75) is 57.2 Å². The van der Waals surface area contributed by atoms with Crippen molar-refractivity contribution in [3.8, 4) is 0 Å². The second-order valence-electron chi connectivity index (χ2n) is 6.75. The summed E-state index contributed by atoms with van der Waals surface area (Å²) in [6, 6.07) is 6.81. The molecular formula is C17H25N3O3S. The van der Waals surface area contributed by atoms with Crippen molar-refractivity contribution >= 4 is 16.1 Å². The van der Waals surface area contributed by atoms with E-state index in [1.165, 1.54) is 8.61 Å². The average Bonchev–Trinajstić information content (AvgIpc) is 2.60. The summed E-state index contributed by atoms with van der Waals surface area (Å²) in [5.41, 5.74) is 7.46. The lowest BCUT2D eigenvalue weighted by atomic mass is 9.95. The van der Waals surface area contributed by atoms with Gasteiger partial charge in [-0.25, -0.2) is 0 Å². The molecule has 1 heterocycles. The highest BCUT2D eigenvalue weighted by Crippen LogP contribution is 2.30. The molecule has 0 unspecified atom stereocenters. The van der Waals surface area contributed by atoms with Gasteiger partial charge in [-0.2, -0.15) is 17.0 Å². The Morgan fingerprint density at radius 3 is 2.42 bits per heavy atom. The quantitative estimate of drug-likeness (QED) is 0.890. The van der Waals surface area contributed by atoms with Crippen molar-refractivity contribution < 1.29 is 13.2 Å². The van der Waals surface area contributed by atoms with E-state index in [0.717, 1.165) is 43.2 Å². The largest absolute Gasteiger partial charge is 0.368 e. The summed E-state index contributed by atoms with van der Waals surface area (Å²) < 4.78 is 29.0. The monoisotopic (exact) mass is 351 g/mol. The van der Waals surface area contributed by atoms with Crippen molar-refractivity contribution in [2.24, 2.45) is 5.73 Å². The molecule has 24 heavy (non-hydrogen) atoms. The van der Waals surface area contributed by atoms with Crippen molar-refractivity contribution in [3.63, 3.8) is 0 Å². The number of fused-ring (bicyclic) bond motifs is 1. The van der Waals surface area contributed by atoms with Gasteiger partial charge in [0, 0.05) is 19.6 Å². The molecule has 2 aliphatic rings. The number of nitrogens with two attached hydrogens (primary N) is 1. The van der Waals surface area contributed by atoms with Gasteiger partial charge in [-0.3, -0.25) is 4.79 Å². The van der Waals surface area contributed by atoms with E-state index in [1.807, 2.05) is 24.3 Å². The second-order valence-corrected chi connectivity index (χ2v) is 8.69. The number of rotatable bonds is 4. The van der Waals surface area contributed by atoms with E-state index in [-0.39, 0.29) is 12.6 Å². The Bertz CT molecular complexity index is 714. The fraction of sp³-hybridized carbons (Fsp3) is 0.588. The molecule has 0 radical (unpaired) electrons. The van der Waals surface area contributed by atoms with Gasteiger partial charge in [-0.1, -0.05) is 43.5 Å². The third-order valence-electron chi connectivity index (χ3n) is 5.28. The second kappa shape index (κ2) is 6.82. The van der Waals surface area contributed by atoms with E-state index in [2.05, 4.69) is 0 Å². The predicted octanol–water partition coefficient (Wildman–Crippen LogP) is 1.41. The van der Waals surface area contributed by atoms with Crippen molar-refractivity contribution in [3.05, 3.63) is 35.4 Å². The summed E-state index contributed by atoms with van der Waals surface area (Å²) >= 11 is 0. The van der Waals surface area contributed by atoms with E-state index in [9.17, 15) is 13.2 Å². The van der Waals surface area contributed by atoms with Crippen LogP contribution >= 0.6 is 0 Å². The first-order valence-electron chi connectivity index (χ1n) is 8.52. The maximum absolute atomic E-state index is 13.2. The first kappa shape index (κ1) is 17.4. The smallest absolute Gasteiger partial charge is 0.283 e. The minimum atomic E-state index is -3.73. The lowest BCUT2D eigenvalue weighted by Crippen LogP contribution is -2.56. The van der Waals surface area contributed by atoms with E-state index in [4.69, 9.17) is 5.73 Å². The number of benzene rings is 1. The minimum Gasteiger partial charge on any atom is -0.368 e. The van der Waals surface area contributed by atoms with Crippen molar-refractivity contribution in [1.82, 2.24) is 8.61 Å². The summed E-state index contributed by atoms with van der Waals surface area (Å²) in [6.45, 7) is 0.198. The Morgan fingerprint density at radius 1 is 1.17 bits per heavy atom. The van der Waals surface area contributed by atoms with Crippen molar-refractivity contribution in [1.29, 1.82) is 0 Å². The summed E-state index contributed by atoms with van der Waals surface area (Å²) in [5, 5.41) is 0. The Kier molecular flexibility index (Phi) is 4.94. The van der Waals surface area contributed by atoms with E-state index >= 15 is 0 Å². The van der Waals surface area contributed by atoms with E-state index in [0.29, 0.717) is 6.42 Å². The van der Waals surface area contributed by atoms with Gasteiger partial charge < -0.3 is 5.73 Å². The molecule has 0 spiro atoms. The number of nitrogens with zero attached hydrogens (tertiary/aromatic N) is 2. The summed E-state index contributed by atoms with van der Waals surface area (Å²) in [5.74, 6) is -0.592. The van der Waals surface area contributed by atoms with Crippen molar-refractivity contribution in [2.75, 3.05) is 7.05 Å². The number of hydrogen-bond acceptors (Lipinski definition) is 3. The first-order chi connectivity index (χ1) is 11.4. The molecule has 6 nitrogen and oxygen atoms in total. The topological polar surface area (TPSA) is 83.7 Å². The maximum atomic E-state index is 13.2. The molecule has 0 saturated heterocycles. The third-order valence-corrected chi connectivity index (χ3v) is 7.29. The highest BCUT2D eigenvalue weighted by Gasteiger charge is 2.41. The standard InChI is InChI=1S/C17H25N3O3S/c1-19(15-9-3-2-4-10-15)24(22,23)20-12-14-8-6-5-7-13(14)11-16(20)17(18)21/h5-8,15-16H,2-4,9-12H2,1H3,(H2,18,21)/t16-/m0/s1. The fourth-order valence-electron chi connectivity index (χ4n) is 3.78. The van der Waals surface area contributed by atoms with E-state index in [1.54, 1.807) is 7.05 Å². The maximum Gasteiger partial charge on any atom is 0.283 e. The van der Waals surface area contributed by atoms with Gasteiger partial charge in [-0.15, -0.1) is 0 Å². The molecule has 1 atom stereocenters. The number of amides is 1. The molecule has 7 heteroatoms. The van der Waals surface area contributed by atoms with Crippen LogP contribution < -0.4 is 5.73 Å². The predicted molar refractivity (Wildman–Crippen MR) is 92.2 cm³/mol. The average molecular weight is 351 g/mol. The van der Waals surface area contributed by atoms with Gasteiger partial charge >= 0.3 is 0 Å². The molecule has 132 valence electrons. The lowest BCUT2D eigenvalue weighted by molar-refractivity contribution is -0.122. The van der Waals surface area contributed by atoms with Crippen LogP contribution in [0.25, 0.3) is 0 Å². The van der Waals surface area contributed by atoms with Crippen LogP contribution in [0.4, 0.5) is 0 Å². The molecule has 0 bridgehead atoms. The van der Waals surface area contributed by atoms with Gasteiger partial charge in [0.1, 0.15) is 6.04 Å². The van der Waals surface area contributed by atoms with Gasteiger partial charge in [0.15, 0.2) is 0 Å². The van der Waals surface area contributed by atoms with Crippen LogP contribution in [-0.2, 0) is 28.0 Å². The summed E-state index contributed by atoms with van der Waals surface area (Å²) in [7, 11) is -2.10. The molecule has 3 rings (SSSR count). The summed E-state index contributed by atoms with van der Waals surface area (Å²) in [4.78, 5) is 11.9. The minimum absolute atomic E-state index is 0.00875. The van der Waals surface area contributed by atoms with Gasteiger partial charge in [0.05, 0.1) is 0 Å². The Balaban J connectivity index is 1.91. The zero-order valence-corrected chi connectivity index (χ0v) is 14.8. The molecule has 2 N–H and O–H groups in total. The van der Waals surface area contributed by atoms with Crippen LogP contribution in [0.1, 0.15) is 43.2 Å². The van der Waals surface area contributed by atoms with Crippen LogP contribution in [0.5, 0.6) is 0 Å². The number of carbonyl (C=O) groups is 1. The highest BCUT2D eigenvalue weighted by atomic mass is 32.2. The van der Waals surface area contributed by atoms with Gasteiger partial charge in [-0.05, 0) is 30.4 Å². The Morgan fingerprint density at radius 2 is 1.79 bits per heavy atom. The molecule has 1 aliphatic carbocycles. The third kappa shape index (κ3) is 3.20. The fourth-order valence-corrected chi connectivity index (χ4v) is 5.50. The zero-order chi connectivity index (χ0) is 17.3. The molecule has 1 aromatic carbocycles. The number of hydrogen-bond donors (Lipinski definition) is 1. The first-order valence-corrected chi connectivity index (χ1v) is 9.92.